The van der Waals surface area contributed by atoms with Crippen LogP contribution in [-0.4, -0.2) is 0 Å². The van der Waals surface area contributed by atoms with Crippen LogP contribution in [0, 0.1) is 23.7 Å². The molecule has 2 nitrogen and oxygen atoms in total. The zero-order valence-corrected chi connectivity index (χ0v) is 35.6. The SMILES string of the molecule is CC1(C)CCC(C)(C)c2cc(N(c3ccc4c(c3)C(C)(C)CCC4(C)C)c3cccc4c3Oc3ccc(-c5ccccc5)cc3C43C4CC5CC(C4)C3C5)ccc21. The van der Waals surface area contributed by atoms with Gasteiger partial charge in [-0.25, -0.2) is 0 Å². The number of ether oxygens (including phenoxy) is 1. The van der Waals surface area contributed by atoms with E-state index in [4.69, 9.17) is 4.74 Å². The Morgan fingerprint density at radius 1 is 0.491 bits per heavy atom. The number of rotatable bonds is 4. The lowest BCUT2D eigenvalue weighted by Gasteiger charge is -2.49. The van der Waals surface area contributed by atoms with Gasteiger partial charge < -0.3 is 9.64 Å². The quantitative estimate of drug-likeness (QED) is 0.181. The summed E-state index contributed by atoms with van der Waals surface area (Å²) in [5.41, 5.74) is 15.5. The Labute approximate surface area is 342 Å². The molecule has 0 N–H and O–H groups in total. The highest BCUT2D eigenvalue weighted by molar-refractivity contribution is 5.85. The molecule has 0 aromatic heterocycles. The molecule has 0 amide bonds. The molecule has 1 spiro atoms. The third kappa shape index (κ3) is 5.07. The van der Waals surface area contributed by atoms with Gasteiger partial charge in [-0.15, -0.1) is 0 Å². The van der Waals surface area contributed by atoms with Crippen LogP contribution in [0.25, 0.3) is 11.1 Å². The van der Waals surface area contributed by atoms with Crippen LogP contribution in [0.2, 0.25) is 0 Å². The van der Waals surface area contributed by atoms with E-state index in [1.807, 2.05) is 0 Å². The molecule has 5 atom stereocenters. The monoisotopic (exact) mass is 751 g/mol. The van der Waals surface area contributed by atoms with Crippen LogP contribution in [0.1, 0.15) is 140 Å². The molecule has 6 aliphatic carbocycles. The minimum atomic E-state index is -0.0449. The van der Waals surface area contributed by atoms with E-state index >= 15 is 0 Å². The molecule has 292 valence electrons. The molecule has 57 heavy (non-hydrogen) atoms. The standard InChI is InChI=1S/C55H61NO/c1-51(2)23-25-53(5,6)45-32-39(18-20-41(45)51)56(40-19-21-42-46(33-40)54(7,8)26-24-52(42,3)4)48-16-12-15-43-50(48)57-49-22-17-36(35-13-10-9-11-14-35)31-47(49)55(43)38-28-34-27-37(30-38)44(55)29-34/h9-22,31-34,37-38,44H,23-30H2,1-8H3. The smallest absolute Gasteiger partial charge is 0.155 e. The fraction of sp³-hybridized carbons (Fsp3) is 0.455. The summed E-state index contributed by atoms with van der Waals surface area (Å²) >= 11 is 0. The Morgan fingerprint density at radius 3 is 1.72 bits per heavy atom. The van der Waals surface area contributed by atoms with Crippen molar-refractivity contribution in [1.29, 1.82) is 0 Å². The van der Waals surface area contributed by atoms with Crippen molar-refractivity contribution in [3.8, 4) is 22.6 Å². The molecule has 12 rings (SSSR count). The first-order valence-electron chi connectivity index (χ1n) is 22.3. The first kappa shape index (κ1) is 35.8. The second-order valence-corrected chi connectivity index (χ2v) is 21.9. The van der Waals surface area contributed by atoms with E-state index < -0.39 is 0 Å². The van der Waals surface area contributed by atoms with Crippen LogP contribution in [0.5, 0.6) is 11.5 Å². The molecule has 2 heteroatoms. The van der Waals surface area contributed by atoms with Crippen molar-refractivity contribution >= 4 is 17.1 Å². The van der Waals surface area contributed by atoms with Crippen LogP contribution >= 0.6 is 0 Å². The van der Waals surface area contributed by atoms with Gasteiger partial charge in [0, 0.05) is 27.9 Å². The number of para-hydroxylation sites is 1. The van der Waals surface area contributed by atoms with Gasteiger partial charge in [0.15, 0.2) is 5.75 Å². The summed E-state index contributed by atoms with van der Waals surface area (Å²) in [6.07, 6.45) is 10.2. The van der Waals surface area contributed by atoms with Gasteiger partial charge in [-0.2, -0.15) is 0 Å². The molecule has 5 unspecified atom stereocenters. The van der Waals surface area contributed by atoms with Gasteiger partial charge >= 0.3 is 0 Å². The number of anilines is 3. The molecule has 0 saturated heterocycles. The normalized spacial score (nSPS) is 28.6. The average molecular weight is 752 g/mol. The van der Waals surface area contributed by atoms with Gasteiger partial charge in [-0.05, 0) is 173 Å². The van der Waals surface area contributed by atoms with Crippen molar-refractivity contribution in [2.24, 2.45) is 23.7 Å². The molecule has 1 aliphatic heterocycles. The number of nitrogens with zero attached hydrogens (tertiary/aromatic N) is 1. The Balaban J connectivity index is 1.16. The zero-order valence-electron chi connectivity index (χ0n) is 35.6. The number of benzene rings is 5. The highest BCUT2D eigenvalue weighted by atomic mass is 16.5. The van der Waals surface area contributed by atoms with Gasteiger partial charge in [0.2, 0.25) is 0 Å². The van der Waals surface area contributed by atoms with Crippen LogP contribution in [0.3, 0.4) is 0 Å². The lowest BCUT2D eigenvalue weighted by molar-refractivity contribution is 0.173. The molecular weight excluding hydrogens is 691 g/mol. The first-order valence-corrected chi connectivity index (χ1v) is 22.3. The third-order valence-corrected chi connectivity index (χ3v) is 16.8. The fourth-order valence-electron chi connectivity index (χ4n) is 13.6. The van der Waals surface area contributed by atoms with Crippen LogP contribution in [-0.2, 0) is 27.1 Å². The van der Waals surface area contributed by atoms with E-state index in [-0.39, 0.29) is 27.1 Å². The second-order valence-electron chi connectivity index (χ2n) is 21.9. The Hall–Kier alpha value is -4.30. The first-order chi connectivity index (χ1) is 27.2. The predicted octanol–water partition coefficient (Wildman–Crippen LogP) is 15.0. The Bertz CT molecular complexity index is 2370. The third-order valence-electron chi connectivity index (χ3n) is 16.8. The summed E-state index contributed by atoms with van der Waals surface area (Å²) in [5.74, 6) is 5.09. The van der Waals surface area contributed by atoms with Crippen molar-refractivity contribution in [2.45, 2.75) is 134 Å². The summed E-state index contributed by atoms with van der Waals surface area (Å²) in [4.78, 5) is 2.59. The van der Waals surface area contributed by atoms with Crippen LogP contribution in [0.4, 0.5) is 17.1 Å². The average Bonchev–Trinajstić information content (AvgIpc) is 3.61. The highest BCUT2D eigenvalue weighted by Crippen LogP contribution is 2.73. The van der Waals surface area contributed by atoms with Crippen molar-refractivity contribution in [3.63, 3.8) is 0 Å². The minimum Gasteiger partial charge on any atom is -0.455 e. The topological polar surface area (TPSA) is 12.5 Å². The van der Waals surface area contributed by atoms with Gasteiger partial charge in [-0.3, -0.25) is 0 Å². The maximum absolute atomic E-state index is 7.46. The molecule has 4 saturated carbocycles. The van der Waals surface area contributed by atoms with Crippen molar-refractivity contribution in [3.05, 3.63) is 137 Å². The van der Waals surface area contributed by atoms with E-state index in [1.165, 1.54) is 113 Å². The zero-order chi connectivity index (χ0) is 39.3. The van der Waals surface area contributed by atoms with E-state index in [2.05, 4.69) is 163 Å². The van der Waals surface area contributed by atoms with E-state index in [1.54, 1.807) is 0 Å². The summed E-state index contributed by atoms with van der Waals surface area (Å²) in [7, 11) is 0. The number of hydrogen-bond acceptors (Lipinski definition) is 2. The van der Waals surface area contributed by atoms with E-state index in [0.29, 0.717) is 11.8 Å². The Morgan fingerprint density at radius 2 is 1.11 bits per heavy atom. The number of hydrogen-bond donors (Lipinski definition) is 0. The lowest BCUT2D eigenvalue weighted by atomic mass is 9.56. The molecule has 1 heterocycles. The largest absolute Gasteiger partial charge is 0.455 e. The van der Waals surface area contributed by atoms with Gasteiger partial charge in [0.1, 0.15) is 5.75 Å². The summed E-state index contributed by atoms with van der Waals surface area (Å²) in [5, 5.41) is 0. The van der Waals surface area contributed by atoms with E-state index in [0.717, 1.165) is 23.3 Å². The lowest BCUT2D eigenvalue weighted by Crippen LogP contribution is -2.44. The van der Waals surface area contributed by atoms with Crippen molar-refractivity contribution < 1.29 is 4.74 Å². The summed E-state index contributed by atoms with van der Waals surface area (Å²) < 4.78 is 7.46. The minimum absolute atomic E-state index is 0.0449. The van der Waals surface area contributed by atoms with Crippen molar-refractivity contribution in [2.75, 3.05) is 4.90 Å². The highest BCUT2D eigenvalue weighted by Gasteiger charge is 2.66. The molecule has 0 radical (unpaired) electrons. The van der Waals surface area contributed by atoms with Crippen LogP contribution < -0.4 is 9.64 Å². The van der Waals surface area contributed by atoms with Gasteiger partial charge in [0.25, 0.3) is 0 Å². The molecule has 5 aromatic rings. The summed E-state index contributed by atoms with van der Waals surface area (Å²) in [6.45, 7) is 19.6. The molecule has 7 aliphatic rings. The maximum atomic E-state index is 7.46. The summed E-state index contributed by atoms with van der Waals surface area (Å²) in [6, 6.07) is 40.2. The molecule has 4 bridgehead atoms. The molecule has 5 aromatic carbocycles. The van der Waals surface area contributed by atoms with Gasteiger partial charge in [0.05, 0.1) is 5.69 Å². The maximum Gasteiger partial charge on any atom is 0.155 e. The second kappa shape index (κ2) is 11.9. The van der Waals surface area contributed by atoms with Crippen molar-refractivity contribution in [1.82, 2.24) is 0 Å². The van der Waals surface area contributed by atoms with Gasteiger partial charge in [-0.1, -0.05) is 116 Å². The molecular formula is C55H61NO. The fourth-order valence-corrected chi connectivity index (χ4v) is 13.6. The predicted molar refractivity (Wildman–Crippen MR) is 237 cm³/mol. The Kier molecular flexibility index (Phi) is 7.48. The van der Waals surface area contributed by atoms with E-state index in [9.17, 15) is 0 Å². The van der Waals surface area contributed by atoms with Crippen LogP contribution in [0.15, 0.2) is 103 Å². The molecule has 4 fully saturated rings. The number of fused-ring (bicyclic) bond motifs is 4.